The Bertz CT molecular complexity index is 241. The summed E-state index contributed by atoms with van der Waals surface area (Å²) in [4.78, 5) is 0. The molecule has 0 amide bonds. The second-order valence-corrected chi connectivity index (χ2v) is 6.63. The van der Waals surface area contributed by atoms with E-state index in [-0.39, 0.29) is 18.4 Å². The number of nitrogens with one attached hydrogen (secondary N) is 1. The standard InChI is InChI=1S/C6H12BrNO3S/c7-6-5(8-2-3-9)1-4-12(6,10)11/h5-6,8-9H,1-4H2. The topological polar surface area (TPSA) is 66.4 Å². The van der Waals surface area contributed by atoms with Gasteiger partial charge in [-0.15, -0.1) is 0 Å². The molecule has 72 valence electrons. The van der Waals surface area contributed by atoms with E-state index in [0.29, 0.717) is 13.0 Å². The molecule has 0 saturated carbocycles. The largest absolute Gasteiger partial charge is 0.395 e. The molecule has 2 atom stereocenters. The van der Waals surface area contributed by atoms with Crippen LogP contribution in [0.3, 0.4) is 0 Å². The van der Waals surface area contributed by atoms with E-state index in [4.69, 9.17) is 5.11 Å². The first-order valence-electron chi connectivity index (χ1n) is 3.78. The number of halogens is 1. The van der Waals surface area contributed by atoms with Crippen LogP contribution in [-0.4, -0.2) is 42.6 Å². The molecule has 1 saturated heterocycles. The van der Waals surface area contributed by atoms with E-state index < -0.39 is 14.0 Å². The molecule has 0 bridgehead atoms. The first kappa shape index (κ1) is 10.4. The molecule has 2 N–H and O–H groups in total. The molecule has 4 nitrogen and oxygen atoms in total. The van der Waals surface area contributed by atoms with Gasteiger partial charge >= 0.3 is 0 Å². The third kappa shape index (κ3) is 2.18. The minimum atomic E-state index is -2.93. The first-order chi connectivity index (χ1) is 5.58. The molecule has 1 aliphatic heterocycles. The molecule has 6 heteroatoms. The first-order valence-corrected chi connectivity index (χ1v) is 6.41. The Hall–Kier alpha value is 0.350. The van der Waals surface area contributed by atoms with E-state index in [1.165, 1.54) is 0 Å². The monoisotopic (exact) mass is 257 g/mol. The van der Waals surface area contributed by atoms with Crippen LogP contribution in [0.4, 0.5) is 0 Å². The molecular formula is C6H12BrNO3S. The predicted octanol–water partition coefficient (Wildman–Crippen LogP) is -0.524. The second kappa shape index (κ2) is 4.04. The number of alkyl halides is 1. The third-order valence-corrected chi connectivity index (χ3v) is 6.06. The van der Waals surface area contributed by atoms with Crippen LogP contribution < -0.4 is 5.32 Å². The van der Waals surface area contributed by atoms with Crippen molar-refractivity contribution in [3.63, 3.8) is 0 Å². The highest BCUT2D eigenvalue weighted by atomic mass is 79.9. The summed E-state index contributed by atoms with van der Waals surface area (Å²) in [5.74, 6) is 0.228. The number of hydrogen-bond donors (Lipinski definition) is 2. The van der Waals surface area contributed by atoms with E-state index in [0.717, 1.165) is 0 Å². The van der Waals surface area contributed by atoms with Gasteiger partial charge < -0.3 is 10.4 Å². The van der Waals surface area contributed by atoms with Crippen LogP contribution in [0.25, 0.3) is 0 Å². The van der Waals surface area contributed by atoms with Crippen LogP contribution in [0.5, 0.6) is 0 Å². The highest BCUT2D eigenvalue weighted by molar-refractivity contribution is 9.11. The second-order valence-electron chi connectivity index (χ2n) is 2.79. The maximum Gasteiger partial charge on any atom is 0.164 e. The molecule has 1 fully saturated rings. The Balaban J connectivity index is 2.50. The highest BCUT2D eigenvalue weighted by Crippen LogP contribution is 2.25. The lowest BCUT2D eigenvalue weighted by molar-refractivity contribution is 0.285. The number of rotatable bonds is 3. The summed E-state index contributed by atoms with van der Waals surface area (Å²) >= 11 is 3.12. The maximum atomic E-state index is 11.2. The van der Waals surface area contributed by atoms with Crippen LogP contribution in [0, 0.1) is 0 Å². The molecule has 2 unspecified atom stereocenters. The number of sulfone groups is 1. The Morgan fingerprint density at radius 3 is 2.67 bits per heavy atom. The quantitative estimate of drug-likeness (QED) is 0.668. The fraction of sp³-hybridized carbons (Fsp3) is 1.00. The summed E-state index contributed by atoms with van der Waals surface area (Å²) in [5, 5.41) is 11.5. The summed E-state index contributed by atoms with van der Waals surface area (Å²) in [6, 6.07) is -0.0536. The molecule has 0 radical (unpaired) electrons. The summed E-state index contributed by atoms with van der Waals surface area (Å²) in [6.07, 6.45) is 0.623. The normalized spacial score (nSPS) is 33.8. The van der Waals surface area contributed by atoms with E-state index in [1.54, 1.807) is 0 Å². The zero-order valence-corrected chi connectivity index (χ0v) is 8.94. The molecule has 12 heavy (non-hydrogen) atoms. The maximum absolute atomic E-state index is 11.2. The van der Waals surface area contributed by atoms with Crippen molar-refractivity contribution < 1.29 is 13.5 Å². The van der Waals surface area contributed by atoms with Crippen molar-refractivity contribution in [2.45, 2.75) is 16.6 Å². The van der Waals surface area contributed by atoms with Gasteiger partial charge in [0.2, 0.25) is 0 Å². The van der Waals surface area contributed by atoms with Gasteiger partial charge in [-0.2, -0.15) is 0 Å². The van der Waals surface area contributed by atoms with Crippen molar-refractivity contribution in [2.24, 2.45) is 0 Å². The van der Waals surface area contributed by atoms with Crippen LogP contribution in [-0.2, 0) is 9.84 Å². The zero-order valence-electron chi connectivity index (χ0n) is 6.53. The van der Waals surface area contributed by atoms with Gasteiger partial charge in [0.25, 0.3) is 0 Å². The molecule has 1 heterocycles. The van der Waals surface area contributed by atoms with Crippen molar-refractivity contribution in [2.75, 3.05) is 18.9 Å². The lowest BCUT2D eigenvalue weighted by Crippen LogP contribution is -2.36. The molecule has 0 aromatic carbocycles. The summed E-state index contributed by atoms with van der Waals surface area (Å²) < 4.78 is 21.9. The van der Waals surface area contributed by atoms with Crippen molar-refractivity contribution in [1.82, 2.24) is 5.32 Å². The van der Waals surface area contributed by atoms with Gasteiger partial charge in [0.05, 0.1) is 12.4 Å². The molecule has 0 aromatic rings. The SMILES string of the molecule is O=S1(=O)CCC(NCCO)C1Br. The zero-order chi connectivity index (χ0) is 9.19. The van der Waals surface area contributed by atoms with E-state index in [2.05, 4.69) is 21.2 Å². The van der Waals surface area contributed by atoms with E-state index in [1.807, 2.05) is 0 Å². The third-order valence-electron chi connectivity index (χ3n) is 1.89. The van der Waals surface area contributed by atoms with Gasteiger partial charge in [-0.3, -0.25) is 0 Å². The Morgan fingerprint density at radius 1 is 1.58 bits per heavy atom. The van der Waals surface area contributed by atoms with E-state index in [9.17, 15) is 8.42 Å². The Labute approximate surface area is 80.4 Å². The smallest absolute Gasteiger partial charge is 0.164 e. The number of aliphatic hydroxyl groups excluding tert-OH is 1. The summed E-state index contributed by atoms with van der Waals surface area (Å²) in [6.45, 7) is 0.485. The highest BCUT2D eigenvalue weighted by Gasteiger charge is 2.37. The number of hydrogen-bond acceptors (Lipinski definition) is 4. The Kier molecular flexibility index (Phi) is 3.51. The summed E-state index contributed by atoms with van der Waals surface area (Å²) in [5.41, 5.74) is 0. The van der Waals surface area contributed by atoms with Crippen LogP contribution in [0.2, 0.25) is 0 Å². The minimum Gasteiger partial charge on any atom is -0.395 e. The van der Waals surface area contributed by atoms with Crippen molar-refractivity contribution >= 4 is 25.8 Å². The predicted molar refractivity (Wildman–Crippen MR) is 50.0 cm³/mol. The minimum absolute atomic E-state index is 0.0380. The molecule has 0 aliphatic carbocycles. The fourth-order valence-electron chi connectivity index (χ4n) is 1.23. The van der Waals surface area contributed by atoms with Gasteiger partial charge in [-0.05, 0) is 6.42 Å². The van der Waals surface area contributed by atoms with Gasteiger partial charge in [0.15, 0.2) is 9.84 Å². The van der Waals surface area contributed by atoms with Gasteiger partial charge in [0.1, 0.15) is 4.16 Å². The van der Waals surface area contributed by atoms with Crippen molar-refractivity contribution in [3.8, 4) is 0 Å². The molecule has 1 rings (SSSR count). The van der Waals surface area contributed by atoms with Gasteiger partial charge in [-0.1, -0.05) is 15.9 Å². The van der Waals surface area contributed by atoms with Gasteiger partial charge in [0, 0.05) is 12.6 Å². The molecular weight excluding hydrogens is 246 g/mol. The number of aliphatic hydroxyl groups is 1. The summed E-state index contributed by atoms with van der Waals surface area (Å²) in [7, 11) is -2.93. The van der Waals surface area contributed by atoms with Crippen LogP contribution >= 0.6 is 15.9 Å². The van der Waals surface area contributed by atoms with Crippen LogP contribution in [0.1, 0.15) is 6.42 Å². The van der Waals surface area contributed by atoms with E-state index >= 15 is 0 Å². The molecule has 0 aromatic heterocycles. The molecule has 0 spiro atoms. The average molecular weight is 258 g/mol. The van der Waals surface area contributed by atoms with Crippen LogP contribution in [0.15, 0.2) is 0 Å². The fourth-order valence-corrected chi connectivity index (χ4v) is 3.78. The van der Waals surface area contributed by atoms with Gasteiger partial charge in [-0.25, -0.2) is 8.42 Å². The molecule has 1 aliphatic rings. The average Bonchev–Trinajstić information content (AvgIpc) is 2.26. The lowest BCUT2D eigenvalue weighted by atomic mass is 10.3. The van der Waals surface area contributed by atoms with Crippen molar-refractivity contribution in [1.29, 1.82) is 0 Å². The Morgan fingerprint density at radius 2 is 2.25 bits per heavy atom. The van der Waals surface area contributed by atoms with Crippen molar-refractivity contribution in [3.05, 3.63) is 0 Å². The lowest BCUT2D eigenvalue weighted by Gasteiger charge is -2.13.